The lowest BCUT2D eigenvalue weighted by molar-refractivity contribution is -0.163. The Labute approximate surface area is 143 Å². The largest absolute Gasteiger partial charge is 0.461 e. The molecule has 1 aliphatic rings. The third-order valence-corrected chi connectivity index (χ3v) is 4.47. The quantitative estimate of drug-likeness (QED) is 0.854. The maximum atomic E-state index is 12.3. The van der Waals surface area contributed by atoms with Crippen LogP contribution in [0.2, 0.25) is 0 Å². The van der Waals surface area contributed by atoms with Crippen LogP contribution in [0.3, 0.4) is 0 Å². The zero-order valence-corrected chi connectivity index (χ0v) is 15.1. The molecule has 0 aliphatic heterocycles. The molecule has 2 unspecified atom stereocenters. The predicted octanol–water partition coefficient (Wildman–Crippen LogP) is 3.67. The van der Waals surface area contributed by atoms with E-state index in [1.54, 1.807) is 0 Å². The van der Waals surface area contributed by atoms with Gasteiger partial charge in [0, 0.05) is 6.04 Å². The van der Waals surface area contributed by atoms with Crippen molar-refractivity contribution < 1.29 is 19.1 Å². The molecular formula is C19H27NO4. The standard InChI is InChI=1S/C19H27NO4/c1-18(2,3)24-17(22)20-15-11-14(19(15,4)5)16(21)23-12-13-9-7-6-8-10-13/h6-10,14-15H,11-12H2,1-5H3,(H,20,22). The van der Waals surface area contributed by atoms with Crippen molar-refractivity contribution in [2.75, 3.05) is 0 Å². The number of nitrogens with one attached hydrogen (secondary N) is 1. The highest BCUT2D eigenvalue weighted by Crippen LogP contribution is 2.47. The summed E-state index contributed by atoms with van der Waals surface area (Å²) in [6.07, 6.45) is 0.122. The van der Waals surface area contributed by atoms with Gasteiger partial charge in [0.2, 0.25) is 0 Å². The van der Waals surface area contributed by atoms with Gasteiger partial charge in [-0.05, 0) is 38.2 Å². The summed E-state index contributed by atoms with van der Waals surface area (Å²) in [6, 6.07) is 9.50. The first-order valence-corrected chi connectivity index (χ1v) is 8.29. The van der Waals surface area contributed by atoms with Crippen LogP contribution in [0.25, 0.3) is 0 Å². The first-order chi connectivity index (χ1) is 11.1. The normalized spacial score (nSPS) is 22.2. The molecule has 1 aromatic rings. The van der Waals surface area contributed by atoms with Gasteiger partial charge in [0.05, 0.1) is 5.92 Å². The van der Waals surface area contributed by atoms with Crippen LogP contribution >= 0.6 is 0 Å². The Bertz CT molecular complexity index is 589. The summed E-state index contributed by atoms with van der Waals surface area (Å²) in [5, 5.41) is 2.85. The van der Waals surface area contributed by atoms with E-state index < -0.39 is 11.7 Å². The number of amides is 1. The maximum Gasteiger partial charge on any atom is 0.407 e. The van der Waals surface area contributed by atoms with E-state index in [1.807, 2.05) is 65.0 Å². The molecule has 0 aromatic heterocycles. The molecule has 0 saturated heterocycles. The van der Waals surface area contributed by atoms with Crippen LogP contribution in [0.15, 0.2) is 30.3 Å². The molecule has 0 radical (unpaired) electrons. The number of hydrogen-bond donors (Lipinski definition) is 1. The van der Waals surface area contributed by atoms with Gasteiger partial charge in [-0.1, -0.05) is 44.2 Å². The molecule has 2 atom stereocenters. The van der Waals surface area contributed by atoms with Crippen LogP contribution in [-0.4, -0.2) is 23.7 Å². The van der Waals surface area contributed by atoms with E-state index in [-0.39, 0.29) is 30.0 Å². The van der Waals surface area contributed by atoms with E-state index in [0.717, 1.165) is 5.56 Å². The van der Waals surface area contributed by atoms with Crippen LogP contribution in [-0.2, 0) is 20.9 Å². The average molecular weight is 333 g/mol. The van der Waals surface area contributed by atoms with Crippen molar-refractivity contribution in [2.45, 2.75) is 59.3 Å². The van der Waals surface area contributed by atoms with Crippen LogP contribution in [0, 0.1) is 11.3 Å². The maximum absolute atomic E-state index is 12.3. The fraction of sp³-hybridized carbons (Fsp3) is 0.579. The SMILES string of the molecule is CC(C)(C)OC(=O)NC1CC(C(=O)OCc2ccccc2)C1(C)C. The van der Waals surface area contributed by atoms with Gasteiger partial charge in [0.1, 0.15) is 12.2 Å². The van der Waals surface area contributed by atoms with E-state index in [4.69, 9.17) is 9.47 Å². The summed E-state index contributed by atoms with van der Waals surface area (Å²) in [5.41, 5.74) is 0.0721. The molecular weight excluding hydrogens is 306 g/mol. The second-order valence-corrected chi connectivity index (χ2v) is 7.90. The first-order valence-electron chi connectivity index (χ1n) is 8.29. The minimum absolute atomic E-state index is 0.0957. The van der Waals surface area contributed by atoms with Crippen LogP contribution in [0.1, 0.15) is 46.6 Å². The highest BCUT2D eigenvalue weighted by atomic mass is 16.6. The van der Waals surface area contributed by atoms with E-state index in [1.165, 1.54) is 0 Å². The number of rotatable bonds is 4. The molecule has 1 aliphatic carbocycles. The number of benzene rings is 1. The Kier molecular flexibility index (Phi) is 5.21. The van der Waals surface area contributed by atoms with Gasteiger partial charge in [-0.15, -0.1) is 0 Å². The molecule has 0 heterocycles. The van der Waals surface area contributed by atoms with Crippen LogP contribution < -0.4 is 5.32 Å². The minimum Gasteiger partial charge on any atom is -0.461 e. The van der Waals surface area contributed by atoms with E-state index >= 15 is 0 Å². The fourth-order valence-corrected chi connectivity index (χ4v) is 2.85. The minimum atomic E-state index is -0.536. The van der Waals surface area contributed by atoms with Gasteiger partial charge in [0.25, 0.3) is 0 Å². The zero-order chi connectivity index (χ0) is 18.0. The number of carbonyl (C=O) groups is 2. The van der Waals surface area contributed by atoms with Crippen molar-refractivity contribution in [2.24, 2.45) is 11.3 Å². The van der Waals surface area contributed by atoms with Gasteiger partial charge in [-0.3, -0.25) is 4.79 Å². The highest BCUT2D eigenvalue weighted by Gasteiger charge is 2.53. The highest BCUT2D eigenvalue weighted by molar-refractivity contribution is 5.76. The summed E-state index contributed by atoms with van der Waals surface area (Å²) < 4.78 is 10.7. The Morgan fingerprint density at radius 1 is 1.21 bits per heavy atom. The zero-order valence-electron chi connectivity index (χ0n) is 15.1. The van der Waals surface area contributed by atoms with Gasteiger partial charge < -0.3 is 14.8 Å². The third-order valence-electron chi connectivity index (χ3n) is 4.47. The molecule has 5 nitrogen and oxygen atoms in total. The van der Waals surface area contributed by atoms with Gasteiger partial charge >= 0.3 is 12.1 Å². The van der Waals surface area contributed by atoms with Gasteiger partial charge in [-0.25, -0.2) is 4.79 Å². The smallest absolute Gasteiger partial charge is 0.407 e. The first kappa shape index (κ1) is 18.3. The monoisotopic (exact) mass is 333 g/mol. The van der Waals surface area contributed by atoms with Crippen LogP contribution in [0.4, 0.5) is 4.79 Å². The molecule has 24 heavy (non-hydrogen) atoms. The molecule has 0 bridgehead atoms. The van der Waals surface area contributed by atoms with Gasteiger partial charge in [-0.2, -0.15) is 0 Å². The van der Waals surface area contributed by atoms with Crippen molar-refractivity contribution in [3.63, 3.8) is 0 Å². The molecule has 2 rings (SSSR count). The number of carbonyl (C=O) groups excluding carboxylic acids is 2. The molecule has 1 saturated carbocycles. The lowest BCUT2D eigenvalue weighted by Gasteiger charge is -2.50. The summed E-state index contributed by atoms with van der Waals surface area (Å²) >= 11 is 0. The Morgan fingerprint density at radius 3 is 2.38 bits per heavy atom. The third kappa shape index (κ3) is 4.49. The number of alkyl carbamates (subject to hydrolysis) is 1. The molecule has 1 fully saturated rings. The topological polar surface area (TPSA) is 64.6 Å². The summed E-state index contributed by atoms with van der Waals surface area (Å²) in [7, 11) is 0. The van der Waals surface area contributed by atoms with Crippen molar-refractivity contribution >= 4 is 12.1 Å². The van der Waals surface area contributed by atoms with Gasteiger partial charge in [0.15, 0.2) is 0 Å². The average Bonchev–Trinajstić information content (AvgIpc) is 2.48. The second kappa shape index (κ2) is 6.83. The number of hydrogen-bond acceptors (Lipinski definition) is 4. The Hall–Kier alpha value is -2.04. The Balaban J connectivity index is 1.84. The van der Waals surface area contributed by atoms with E-state index in [9.17, 15) is 9.59 Å². The second-order valence-electron chi connectivity index (χ2n) is 7.90. The molecule has 1 N–H and O–H groups in total. The summed E-state index contributed by atoms with van der Waals surface area (Å²) in [5.74, 6) is -0.438. The molecule has 5 heteroatoms. The lowest BCUT2D eigenvalue weighted by Crippen LogP contribution is -2.61. The van der Waals surface area contributed by atoms with Crippen LogP contribution in [0.5, 0.6) is 0 Å². The molecule has 1 aromatic carbocycles. The Morgan fingerprint density at radius 2 is 1.83 bits per heavy atom. The van der Waals surface area contributed by atoms with E-state index in [2.05, 4.69) is 5.32 Å². The van der Waals surface area contributed by atoms with Crippen molar-refractivity contribution in [1.82, 2.24) is 5.32 Å². The summed E-state index contributed by atoms with van der Waals surface area (Å²) in [4.78, 5) is 24.2. The number of esters is 1. The predicted molar refractivity (Wildman–Crippen MR) is 91.3 cm³/mol. The van der Waals surface area contributed by atoms with Crippen molar-refractivity contribution in [1.29, 1.82) is 0 Å². The fourth-order valence-electron chi connectivity index (χ4n) is 2.85. The number of ether oxygens (including phenoxy) is 2. The molecule has 1 amide bonds. The van der Waals surface area contributed by atoms with Crippen molar-refractivity contribution in [3.8, 4) is 0 Å². The van der Waals surface area contributed by atoms with E-state index in [0.29, 0.717) is 6.42 Å². The summed E-state index contributed by atoms with van der Waals surface area (Å²) in [6.45, 7) is 9.67. The lowest BCUT2D eigenvalue weighted by atomic mass is 9.58. The van der Waals surface area contributed by atoms with Crippen molar-refractivity contribution in [3.05, 3.63) is 35.9 Å². The molecule has 0 spiro atoms. The molecule has 132 valence electrons.